The zero-order chi connectivity index (χ0) is 17.0. The van der Waals surface area contributed by atoms with Crippen molar-refractivity contribution < 1.29 is 18.7 Å². The number of carbonyl (C=O) groups excluding carboxylic acids is 2. The molecule has 0 spiro atoms. The van der Waals surface area contributed by atoms with Crippen LogP contribution in [0.4, 0.5) is 9.52 Å². The topological polar surface area (TPSA) is 68.3 Å². The maximum absolute atomic E-state index is 13.1. The molecule has 1 aromatic carbocycles. The number of halogens is 1. The molecule has 0 aliphatic carbocycles. The molecule has 0 radical (unpaired) electrons. The summed E-state index contributed by atoms with van der Waals surface area (Å²) in [5.41, 5.74) is 0.667. The number of carbonyl (C=O) groups is 2. The number of rotatable bonds is 5. The van der Waals surface area contributed by atoms with Crippen LogP contribution in [0.1, 0.15) is 39.6 Å². The molecule has 0 atom stereocenters. The number of ether oxygens (including phenoxy) is 1. The number of anilines is 1. The van der Waals surface area contributed by atoms with Crippen LogP contribution in [0.5, 0.6) is 0 Å². The van der Waals surface area contributed by atoms with Gasteiger partial charge in [0, 0.05) is 5.56 Å². The van der Waals surface area contributed by atoms with E-state index < -0.39 is 17.7 Å². The third kappa shape index (κ3) is 4.59. The Kier molecular flexibility index (Phi) is 5.44. The predicted molar refractivity (Wildman–Crippen MR) is 86.3 cm³/mol. The average Bonchev–Trinajstić information content (AvgIpc) is 2.85. The van der Waals surface area contributed by atoms with Crippen molar-refractivity contribution in [2.45, 2.75) is 20.8 Å². The van der Waals surface area contributed by atoms with Gasteiger partial charge in [-0.15, -0.1) is 0 Å². The normalized spacial score (nSPS) is 10.7. The van der Waals surface area contributed by atoms with Gasteiger partial charge in [-0.05, 0) is 31.0 Å². The summed E-state index contributed by atoms with van der Waals surface area (Å²) < 4.78 is 18.3. The third-order valence-corrected chi connectivity index (χ3v) is 3.89. The van der Waals surface area contributed by atoms with Crippen LogP contribution in [0, 0.1) is 18.7 Å². The smallest absolute Gasteiger partial charge is 0.350 e. The lowest BCUT2D eigenvalue weighted by Crippen LogP contribution is -2.11. The fraction of sp³-hybridized carbons (Fsp3) is 0.312. The van der Waals surface area contributed by atoms with E-state index in [0.717, 1.165) is 17.4 Å². The van der Waals surface area contributed by atoms with E-state index in [9.17, 15) is 14.0 Å². The highest BCUT2D eigenvalue weighted by Gasteiger charge is 2.18. The molecule has 1 heterocycles. The van der Waals surface area contributed by atoms with Crippen LogP contribution in [-0.2, 0) is 4.74 Å². The molecule has 7 heteroatoms. The molecule has 0 aliphatic heterocycles. The van der Waals surface area contributed by atoms with Crippen LogP contribution in [0.15, 0.2) is 24.3 Å². The summed E-state index contributed by atoms with van der Waals surface area (Å²) in [5, 5.41) is 2.83. The summed E-state index contributed by atoms with van der Waals surface area (Å²) in [6, 6.07) is 5.34. The summed E-state index contributed by atoms with van der Waals surface area (Å²) in [5.74, 6) is -1.20. The standard InChI is InChI=1S/C16H17FN2O3S/c1-9(2)8-22-15(21)13-10(3)18-16(23-13)19-14(20)11-5-4-6-12(17)7-11/h4-7,9H,8H2,1-3H3,(H,18,19,20). The van der Waals surface area contributed by atoms with Gasteiger partial charge in [-0.2, -0.15) is 0 Å². The van der Waals surface area contributed by atoms with E-state index in [1.54, 1.807) is 6.92 Å². The van der Waals surface area contributed by atoms with Crippen LogP contribution in [0.3, 0.4) is 0 Å². The van der Waals surface area contributed by atoms with Crippen molar-refractivity contribution >= 4 is 28.3 Å². The van der Waals surface area contributed by atoms with Gasteiger partial charge in [-0.1, -0.05) is 31.3 Å². The Morgan fingerprint density at radius 2 is 2.13 bits per heavy atom. The number of thiazole rings is 1. The molecular weight excluding hydrogens is 319 g/mol. The summed E-state index contributed by atoms with van der Waals surface area (Å²) in [6.45, 7) is 5.87. The van der Waals surface area contributed by atoms with E-state index in [1.165, 1.54) is 18.2 Å². The first kappa shape index (κ1) is 17.1. The molecule has 122 valence electrons. The number of esters is 1. The van der Waals surface area contributed by atoms with E-state index in [2.05, 4.69) is 10.3 Å². The fourth-order valence-corrected chi connectivity index (χ4v) is 2.60. The SMILES string of the molecule is Cc1nc(NC(=O)c2cccc(F)c2)sc1C(=O)OCC(C)C. The van der Waals surface area contributed by atoms with Gasteiger partial charge in [0.15, 0.2) is 5.13 Å². The molecular formula is C16H17FN2O3S. The minimum absolute atomic E-state index is 0.182. The second-order valence-electron chi connectivity index (χ2n) is 5.39. The van der Waals surface area contributed by atoms with Gasteiger partial charge in [0.2, 0.25) is 0 Å². The molecule has 2 aromatic rings. The Labute approximate surface area is 137 Å². The van der Waals surface area contributed by atoms with Crippen molar-refractivity contribution in [3.8, 4) is 0 Å². The van der Waals surface area contributed by atoms with Crippen LogP contribution in [-0.4, -0.2) is 23.5 Å². The second kappa shape index (κ2) is 7.32. The minimum atomic E-state index is -0.495. The number of hydrogen-bond donors (Lipinski definition) is 1. The minimum Gasteiger partial charge on any atom is -0.461 e. The zero-order valence-electron chi connectivity index (χ0n) is 13.1. The number of aryl methyl sites for hydroxylation is 1. The molecule has 1 N–H and O–H groups in total. The van der Waals surface area contributed by atoms with Gasteiger partial charge in [-0.3, -0.25) is 10.1 Å². The molecule has 0 aliphatic rings. The second-order valence-corrected chi connectivity index (χ2v) is 6.39. The molecule has 2 rings (SSSR count). The molecule has 0 unspecified atom stereocenters. The number of benzene rings is 1. The van der Waals surface area contributed by atoms with Gasteiger partial charge in [0.1, 0.15) is 10.7 Å². The third-order valence-electron chi connectivity index (χ3n) is 2.84. The molecule has 0 saturated heterocycles. The highest BCUT2D eigenvalue weighted by atomic mass is 32.1. The van der Waals surface area contributed by atoms with Gasteiger partial charge < -0.3 is 4.74 Å². The first-order chi connectivity index (χ1) is 10.9. The molecule has 0 fully saturated rings. The van der Waals surface area contributed by atoms with Crippen LogP contribution in [0.25, 0.3) is 0 Å². The summed E-state index contributed by atoms with van der Waals surface area (Å²) >= 11 is 1.04. The van der Waals surface area contributed by atoms with E-state index >= 15 is 0 Å². The molecule has 5 nitrogen and oxygen atoms in total. The van der Waals surface area contributed by atoms with Gasteiger partial charge in [-0.25, -0.2) is 14.2 Å². The highest BCUT2D eigenvalue weighted by Crippen LogP contribution is 2.24. The van der Waals surface area contributed by atoms with Gasteiger partial charge in [0.05, 0.1) is 12.3 Å². The maximum Gasteiger partial charge on any atom is 0.350 e. The van der Waals surface area contributed by atoms with E-state index in [-0.39, 0.29) is 16.6 Å². The summed E-state index contributed by atoms with van der Waals surface area (Å²) in [4.78, 5) is 28.5. The van der Waals surface area contributed by atoms with Crippen molar-refractivity contribution in [2.24, 2.45) is 5.92 Å². The first-order valence-corrected chi connectivity index (χ1v) is 7.90. The number of nitrogens with zero attached hydrogens (tertiary/aromatic N) is 1. The Morgan fingerprint density at radius 1 is 1.39 bits per heavy atom. The average molecular weight is 336 g/mol. The highest BCUT2D eigenvalue weighted by molar-refractivity contribution is 7.17. The maximum atomic E-state index is 13.1. The van der Waals surface area contributed by atoms with Crippen LogP contribution < -0.4 is 5.32 Å². The molecule has 0 saturated carbocycles. The molecule has 23 heavy (non-hydrogen) atoms. The summed E-state index contributed by atoms with van der Waals surface area (Å²) in [6.07, 6.45) is 0. The van der Waals surface area contributed by atoms with Crippen molar-refractivity contribution in [3.05, 3.63) is 46.2 Å². The number of aromatic nitrogens is 1. The van der Waals surface area contributed by atoms with Crippen molar-refractivity contribution in [1.82, 2.24) is 4.98 Å². The molecule has 1 aromatic heterocycles. The van der Waals surface area contributed by atoms with E-state index in [1.807, 2.05) is 13.8 Å². The Balaban J connectivity index is 2.08. The Hall–Kier alpha value is -2.28. The zero-order valence-corrected chi connectivity index (χ0v) is 13.9. The lowest BCUT2D eigenvalue weighted by Gasteiger charge is -2.05. The lowest BCUT2D eigenvalue weighted by molar-refractivity contribution is 0.0463. The lowest BCUT2D eigenvalue weighted by atomic mass is 10.2. The first-order valence-electron chi connectivity index (χ1n) is 7.08. The van der Waals surface area contributed by atoms with Crippen LogP contribution in [0.2, 0.25) is 0 Å². The number of hydrogen-bond acceptors (Lipinski definition) is 5. The van der Waals surface area contributed by atoms with Crippen molar-refractivity contribution in [3.63, 3.8) is 0 Å². The molecule has 0 bridgehead atoms. The van der Waals surface area contributed by atoms with Crippen molar-refractivity contribution in [2.75, 3.05) is 11.9 Å². The molecule has 1 amide bonds. The van der Waals surface area contributed by atoms with Crippen molar-refractivity contribution in [1.29, 1.82) is 0 Å². The fourth-order valence-electron chi connectivity index (χ4n) is 1.75. The van der Waals surface area contributed by atoms with Gasteiger partial charge >= 0.3 is 5.97 Å². The Morgan fingerprint density at radius 3 is 2.78 bits per heavy atom. The van der Waals surface area contributed by atoms with E-state index in [4.69, 9.17) is 4.74 Å². The number of nitrogens with one attached hydrogen (secondary N) is 1. The van der Waals surface area contributed by atoms with Crippen LogP contribution >= 0.6 is 11.3 Å². The summed E-state index contributed by atoms with van der Waals surface area (Å²) in [7, 11) is 0. The van der Waals surface area contributed by atoms with E-state index in [0.29, 0.717) is 17.2 Å². The monoisotopic (exact) mass is 336 g/mol. The Bertz CT molecular complexity index is 728. The number of amides is 1. The predicted octanol–water partition coefficient (Wildman–Crippen LogP) is 3.66. The largest absolute Gasteiger partial charge is 0.461 e. The quantitative estimate of drug-likeness (QED) is 0.846. The van der Waals surface area contributed by atoms with Gasteiger partial charge in [0.25, 0.3) is 5.91 Å².